The van der Waals surface area contributed by atoms with Gasteiger partial charge < -0.3 is 4.42 Å². The van der Waals surface area contributed by atoms with Gasteiger partial charge in [0.2, 0.25) is 0 Å². The number of hydrazone groups is 1. The molecule has 3 rings (SSSR count). The largest absolute Gasteiger partial charge is 0.455 e. The quantitative estimate of drug-likeness (QED) is 0.216. The molecule has 0 unspecified atom stereocenters. The van der Waals surface area contributed by atoms with Crippen molar-refractivity contribution >= 4 is 23.5 Å². The number of nitrogens with one attached hydrogen (secondary N) is 1. The lowest BCUT2D eigenvalue weighted by Gasteiger charge is -2.13. The molecule has 152 valence electrons. The molecule has 1 N–H and O–H groups in total. The molecule has 2 aromatic carbocycles. The highest BCUT2D eigenvalue weighted by molar-refractivity contribution is 6.30. The van der Waals surface area contributed by atoms with Crippen LogP contribution in [0.1, 0.15) is 11.3 Å². The fraction of sp³-hybridized carbons (Fsp3) is 0.0556. The van der Waals surface area contributed by atoms with Gasteiger partial charge in [-0.15, -0.1) is 0 Å². The molecule has 1 heterocycles. The van der Waals surface area contributed by atoms with Crippen molar-refractivity contribution in [3.8, 4) is 11.3 Å². The SMILES string of the molecule is Fc1c(F)c(C(F)(F)F)c(F)c(F)c1NN=Cc1ccc(-c2ccc(Cl)cc2)o1. The van der Waals surface area contributed by atoms with E-state index in [2.05, 4.69) is 5.10 Å². The first kappa shape index (κ1) is 20.7. The smallest absolute Gasteiger partial charge is 0.422 e. The Kier molecular flexibility index (Phi) is 5.56. The maximum atomic E-state index is 13.8. The zero-order valence-corrected chi connectivity index (χ0v) is 14.7. The van der Waals surface area contributed by atoms with Crippen LogP contribution < -0.4 is 5.43 Å². The highest BCUT2D eigenvalue weighted by atomic mass is 35.5. The maximum absolute atomic E-state index is 13.8. The summed E-state index contributed by atoms with van der Waals surface area (Å²) in [5, 5.41) is 3.85. The molecule has 0 saturated heterocycles. The van der Waals surface area contributed by atoms with E-state index in [1.54, 1.807) is 35.8 Å². The Morgan fingerprint density at radius 2 is 1.45 bits per heavy atom. The lowest BCUT2D eigenvalue weighted by atomic mass is 10.1. The number of hydrogen-bond donors (Lipinski definition) is 1. The van der Waals surface area contributed by atoms with Crippen molar-refractivity contribution in [3.05, 3.63) is 76.0 Å². The average Bonchev–Trinajstić information content (AvgIpc) is 3.11. The summed E-state index contributed by atoms with van der Waals surface area (Å²) in [7, 11) is 0. The second kappa shape index (κ2) is 7.78. The third-order valence-corrected chi connectivity index (χ3v) is 3.92. The van der Waals surface area contributed by atoms with Gasteiger partial charge in [-0.1, -0.05) is 11.6 Å². The number of anilines is 1. The van der Waals surface area contributed by atoms with Crippen LogP contribution in [0, 0.1) is 23.3 Å². The van der Waals surface area contributed by atoms with Crippen molar-refractivity contribution in [3.63, 3.8) is 0 Å². The number of benzene rings is 2. The van der Waals surface area contributed by atoms with Crippen molar-refractivity contribution in [2.24, 2.45) is 5.10 Å². The normalized spacial score (nSPS) is 12.0. The first-order valence-corrected chi connectivity index (χ1v) is 8.05. The van der Waals surface area contributed by atoms with E-state index in [1.165, 1.54) is 6.07 Å². The van der Waals surface area contributed by atoms with Crippen molar-refractivity contribution < 1.29 is 35.2 Å². The van der Waals surface area contributed by atoms with Gasteiger partial charge in [0, 0.05) is 10.6 Å². The fourth-order valence-corrected chi connectivity index (χ4v) is 2.46. The van der Waals surface area contributed by atoms with Crippen LogP contribution in [0.3, 0.4) is 0 Å². The minimum absolute atomic E-state index is 0.0797. The number of hydrogen-bond acceptors (Lipinski definition) is 3. The van der Waals surface area contributed by atoms with Crippen LogP contribution in [0.5, 0.6) is 0 Å². The summed E-state index contributed by atoms with van der Waals surface area (Å²) in [6, 6.07) is 9.54. The molecule has 1 aromatic heterocycles. The molecular formula is C18H8ClF7N2O. The van der Waals surface area contributed by atoms with E-state index in [9.17, 15) is 30.7 Å². The van der Waals surface area contributed by atoms with Gasteiger partial charge in [0.15, 0.2) is 23.3 Å². The number of rotatable bonds is 4. The van der Waals surface area contributed by atoms with E-state index >= 15 is 0 Å². The minimum Gasteiger partial charge on any atom is -0.455 e. The van der Waals surface area contributed by atoms with Crippen LogP contribution in [0.4, 0.5) is 36.4 Å². The van der Waals surface area contributed by atoms with Gasteiger partial charge in [0.1, 0.15) is 22.8 Å². The van der Waals surface area contributed by atoms with Gasteiger partial charge in [-0.3, -0.25) is 5.43 Å². The molecule has 3 nitrogen and oxygen atoms in total. The van der Waals surface area contributed by atoms with Crippen LogP contribution >= 0.6 is 11.6 Å². The van der Waals surface area contributed by atoms with Gasteiger partial charge in [0.05, 0.1) is 6.21 Å². The minimum atomic E-state index is -5.62. The molecule has 0 bridgehead atoms. The summed E-state index contributed by atoms with van der Waals surface area (Å²) in [5.74, 6) is -9.23. The Bertz CT molecular complexity index is 1050. The van der Waals surface area contributed by atoms with E-state index in [1.807, 2.05) is 0 Å². The number of furan rings is 1. The van der Waals surface area contributed by atoms with Crippen molar-refractivity contribution in [1.82, 2.24) is 0 Å². The Morgan fingerprint density at radius 3 is 2.00 bits per heavy atom. The first-order chi connectivity index (χ1) is 13.6. The van der Waals surface area contributed by atoms with Crippen LogP contribution in [-0.2, 0) is 6.18 Å². The van der Waals surface area contributed by atoms with E-state index < -0.39 is 40.7 Å². The van der Waals surface area contributed by atoms with Gasteiger partial charge in [0.25, 0.3) is 0 Å². The second-order valence-corrected chi connectivity index (χ2v) is 6.02. The van der Waals surface area contributed by atoms with E-state index in [0.717, 1.165) is 6.21 Å². The molecule has 3 aromatic rings. The molecule has 0 amide bonds. The topological polar surface area (TPSA) is 37.5 Å². The Morgan fingerprint density at radius 1 is 0.862 bits per heavy atom. The molecular weight excluding hydrogens is 429 g/mol. The molecule has 0 spiro atoms. The Balaban J connectivity index is 1.83. The summed E-state index contributed by atoms with van der Waals surface area (Å²) in [4.78, 5) is 0. The molecule has 0 aliphatic carbocycles. The highest BCUT2D eigenvalue weighted by Crippen LogP contribution is 2.38. The maximum Gasteiger partial charge on any atom is 0.422 e. The number of alkyl halides is 3. The monoisotopic (exact) mass is 436 g/mol. The summed E-state index contributed by atoms with van der Waals surface area (Å²) in [6.07, 6.45) is -4.71. The van der Waals surface area contributed by atoms with Crippen LogP contribution in [0.2, 0.25) is 5.02 Å². The number of nitrogens with zero attached hydrogens (tertiary/aromatic N) is 1. The summed E-state index contributed by atoms with van der Waals surface area (Å²) in [5.41, 5.74) is -1.89. The predicted molar refractivity (Wildman–Crippen MR) is 91.6 cm³/mol. The second-order valence-electron chi connectivity index (χ2n) is 5.58. The van der Waals surface area contributed by atoms with Gasteiger partial charge in [-0.25, -0.2) is 17.6 Å². The third kappa shape index (κ3) is 4.21. The van der Waals surface area contributed by atoms with Crippen molar-refractivity contribution in [2.75, 3.05) is 5.43 Å². The van der Waals surface area contributed by atoms with Crippen LogP contribution in [0.15, 0.2) is 45.9 Å². The zero-order valence-electron chi connectivity index (χ0n) is 13.9. The number of halogens is 8. The molecule has 0 aliphatic heterocycles. The lowest BCUT2D eigenvalue weighted by Crippen LogP contribution is -2.16. The fourth-order valence-electron chi connectivity index (χ4n) is 2.33. The molecule has 11 heteroatoms. The lowest BCUT2D eigenvalue weighted by molar-refractivity contribution is -0.143. The molecule has 0 atom stereocenters. The summed E-state index contributed by atoms with van der Waals surface area (Å²) in [6.45, 7) is 0. The van der Waals surface area contributed by atoms with Crippen LogP contribution in [-0.4, -0.2) is 6.21 Å². The predicted octanol–water partition coefficient (Wildman–Crippen LogP) is 6.62. The van der Waals surface area contributed by atoms with Crippen molar-refractivity contribution in [1.29, 1.82) is 0 Å². The third-order valence-electron chi connectivity index (χ3n) is 3.67. The Hall–Kier alpha value is -3.01. The highest BCUT2D eigenvalue weighted by Gasteiger charge is 2.42. The van der Waals surface area contributed by atoms with Crippen molar-refractivity contribution in [2.45, 2.75) is 6.18 Å². The van der Waals surface area contributed by atoms with Gasteiger partial charge in [-0.2, -0.15) is 18.3 Å². The first-order valence-electron chi connectivity index (χ1n) is 7.67. The van der Waals surface area contributed by atoms with E-state index in [0.29, 0.717) is 16.3 Å². The van der Waals surface area contributed by atoms with E-state index in [4.69, 9.17) is 16.0 Å². The van der Waals surface area contributed by atoms with E-state index in [-0.39, 0.29) is 5.76 Å². The van der Waals surface area contributed by atoms with Gasteiger partial charge in [-0.05, 0) is 36.4 Å². The molecule has 0 fully saturated rings. The molecule has 0 saturated carbocycles. The average molecular weight is 437 g/mol. The molecule has 0 radical (unpaired) electrons. The summed E-state index contributed by atoms with van der Waals surface area (Å²) >= 11 is 5.78. The summed E-state index contributed by atoms with van der Waals surface area (Å²) < 4.78 is 97.7. The molecule has 29 heavy (non-hydrogen) atoms. The van der Waals surface area contributed by atoms with Crippen LogP contribution in [0.25, 0.3) is 11.3 Å². The molecule has 0 aliphatic rings. The van der Waals surface area contributed by atoms with Gasteiger partial charge >= 0.3 is 6.18 Å². The standard InChI is InChI=1S/C18H8ClF7N2O/c19-9-3-1-8(2-4-9)11-6-5-10(29-11)7-27-28-17-15(22)13(20)12(18(24,25)26)14(21)16(17)23/h1-7,28H. The Labute approximate surface area is 163 Å². The zero-order chi connectivity index (χ0) is 21.3.